The van der Waals surface area contributed by atoms with Crippen LogP contribution in [0.3, 0.4) is 0 Å². The first kappa shape index (κ1) is 18.8. The third kappa shape index (κ3) is 5.24. The van der Waals surface area contributed by atoms with Gasteiger partial charge in [0.15, 0.2) is 11.5 Å². The largest absolute Gasteiger partial charge is 0.490 e. The van der Waals surface area contributed by atoms with Gasteiger partial charge in [-0.15, -0.1) is 0 Å². The molecule has 2 aromatic rings. The fraction of sp³-hybridized carbons (Fsp3) is 0.381. The van der Waals surface area contributed by atoms with Gasteiger partial charge in [0.25, 0.3) is 5.91 Å². The molecule has 4 heteroatoms. The topological polar surface area (TPSA) is 47.6 Å². The fourth-order valence-electron chi connectivity index (χ4n) is 2.61. The number of hydrogen-bond acceptors (Lipinski definition) is 3. The zero-order valence-corrected chi connectivity index (χ0v) is 15.3. The summed E-state index contributed by atoms with van der Waals surface area (Å²) >= 11 is 0. The van der Waals surface area contributed by atoms with Gasteiger partial charge < -0.3 is 14.8 Å². The van der Waals surface area contributed by atoms with Gasteiger partial charge in [-0.1, -0.05) is 31.5 Å². The lowest BCUT2D eigenvalue weighted by atomic mass is 10.1. The maximum Gasteiger partial charge on any atom is 0.255 e. The number of anilines is 1. The molecule has 0 saturated carbocycles. The number of para-hydroxylation sites is 1. The first-order chi connectivity index (χ1) is 12.2. The van der Waals surface area contributed by atoms with E-state index in [4.69, 9.17) is 9.47 Å². The number of ether oxygens (including phenoxy) is 2. The summed E-state index contributed by atoms with van der Waals surface area (Å²) < 4.78 is 11.2. The molecule has 0 aromatic heterocycles. The molecule has 0 heterocycles. The van der Waals surface area contributed by atoms with E-state index in [1.807, 2.05) is 32.0 Å². The highest BCUT2D eigenvalue weighted by atomic mass is 16.5. The minimum Gasteiger partial charge on any atom is -0.490 e. The maximum absolute atomic E-state index is 12.7. The average molecular weight is 341 g/mol. The van der Waals surface area contributed by atoms with Crippen molar-refractivity contribution in [2.75, 3.05) is 18.5 Å². The third-order valence-electron chi connectivity index (χ3n) is 3.87. The smallest absolute Gasteiger partial charge is 0.255 e. The molecule has 2 rings (SSSR count). The van der Waals surface area contributed by atoms with Crippen LogP contribution in [0.2, 0.25) is 0 Å². The molecule has 2 aromatic carbocycles. The highest BCUT2D eigenvalue weighted by Crippen LogP contribution is 2.29. The number of amides is 1. The summed E-state index contributed by atoms with van der Waals surface area (Å²) in [5.74, 6) is 1.11. The lowest BCUT2D eigenvalue weighted by Gasteiger charge is -2.14. The fourth-order valence-corrected chi connectivity index (χ4v) is 2.61. The Balaban J connectivity index is 2.19. The number of rotatable bonds is 9. The summed E-state index contributed by atoms with van der Waals surface area (Å²) in [6, 6.07) is 13.2. The minimum atomic E-state index is -0.145. The molecular weight excluding hydrogens is 314 g/mol. The predicted molar refractivity (Wildman–Crippen MR) is 102 cm³/mol. The van der Waals surface area contributed by atoms with Gasteiger partial charge in [0.1, 0.15) is 0 Å². The normalized spacial score (nSPS) is 10.4. The van der Waals surface area contributed by atoms with E-state index < -0.39 is 0 Å². The molecule has 4 nitrogen and oxygen atoms in total. The highest BCUT2D eigenvalue weighted by molar-refractivity contribution is 6.05. The van der Waals surface area contributed by atoms with E-state index in [0.29, 0.717) is 30.3 Å². The molecule has 0 atom stereocenters. The summed E-state index contributed by atoms with van der Waals surface area (Å²) in [6.45, 7) is 7.06. The Bertz CT molecular complexity index is 697. The molecular formula is C21H27NO3. The lowest BCUT2D eigenvalue weighted by Crippen LogP contribution is -2.13. The summed E-state index contributed by atoms with van der Waals surface area (Å²) in [4.78, 5) is 12.7. The van der Waals surface area contributed by atoms with Crippen LogP contribution >= 0.6 is 0 Å². The van der Waals surface area contributed by atoms with Crippen molar-refractivity contribution < 1.29 is 14.3 Å². The summed E-state index contributed by atoms with van der Waals surface area (Å²) in [5.41, 5.74) is 2.58. The second kappa shape index (κ2) is 9.72. The van der Waals surface area contributed by atoms with Crippen molar-refractivity contribution in [2.24, 2.45) is 0 Å². The standard InChI is InChI=1S/C21H27NO3/c1-4-7-10-16-11-8-9-12-18(16)22-21(23)17-13-14-19(24-5-2)20(15-17)25-6-3/h8-9,11-15H,4-7,10H2,1-3H3,(H,22,23). The number of benzene rings is 2. The van der Waals surface area contributed by atoms with Crippen molar-refractivity contribution in [3.63, 3.8) is 0 Å². The number of carbonyl (C=O) groups is 1. The van der Waals surface area contributed by atoms with Crippen molar-refractivity contribution >= 4 is 11.6 Å². The van der Waals surface area contributed by atoms with Crippen molar-refractivity contribution in [2.45, 2.75) is 40.0 Å². The number of aryl methyl sites for hydroxylation is 1. The van der Waals surface area contributed by atoms with Gasteiger partial charge in [0, 0.05) is 11.3 Å². The van der Waals surface area contributed by atoms with Crippen molar-refractivity contribution in [3.8, 4) is 11.5 Å². The van der Waals surface area contributed by atoms with E-state index in [2.05, 4.69) is 18.3 Å². The number of hydrogen-bond donors (Lipinski definition) is 1. The highest BCUT2D eigenvalue weighted by Gasteiger charge is 2.13. The molecule has 0 aliphatic rings. The summed E-state index contributed by atoms with van der Waals surface area (Å²) in [5, 5.41) is 3.02. The quantitative estimate of drug-likeness (QED) is 0.692. The van der Waals surface area contributed by atoms with Gasteiger partial charge in [-0.3, -0.25) is 4.79 Å². The van der Waals surface area contributed by atoms with Gasteiger partial charge in [0.05, 0.1) is 13.2 Å². The molecule has 0 aliphatic heterocycles. The molecule has 0 fully saturated rings. The molecule has 25 heavy (non-hydrogen) atoms. The van der Waals surface area contributed by atoms with Crippen molar-refractivity contribution in [1.82, 2.24) is 0 Å². The Hall–Kier alpha value is -2.49. The maximum atomic E-state index is 12.7. The second-order valence-corrected chi connectivity index (χ2v) is 5.74. The van der Waals surface area contributed by atoms with Crippen molar-refractivity contribution in [1.29, 1.82) is 0 Å². The van der Waals surface area contributed by atoms with Crippen LogP contribution in [0.25, 0.3) is 0 Å². The van der Waals surface area contributed by atoms with E-state index in [0.717, 1.165) is 30.5 Å². The van der Waals surface area contributed by atoms with Crippen LogP contribution in [-0.4, -0.2) is 19.1 Å². The Morgan fingerprint density at radius 3 is 2.40 bits per heavy atom. The van der Waals surface area contributed by atoms with E-state index >= 15 is 0 Å². The van der Waals surface area contributed by atoms with E-state index in [1.54, 1.807) is 18.2 Å². The van der Waals surface area contributed by atoms with E-state index in [1.165, 1.54) is 0 Å². The van der Waals surface area contributed by atoms with Crippen LogP contribution in [-0.2, 0) is 6.42 Å². The van der Waals surface area contributed by atoms with E-state index in [9.17, 15) is 4.79 Å². The average Bonchev–Trinajstić information content (AvgIpc) is 2.62. The molecule has 0 aliphatic carbocycles. The van der Waals surface area contributed by atoms with Gasteiger partial charge in [-0.2, -0.15) is 0 Å². The van der Waals surface area contributed by atoms with Crippen LogP contribution < -0.4 is 14.8 Å². The Morgan fingerprint density at radius 2 is 1.68 bits per heavy atom. The summed E-state index contributed by atoms with van der Waals surface area (Å²) in [6.07, 6.45) is 3.18. The second-order valence-electron chi connectivity index (χ2n) is 5.74. The number of carbonyl (C=O) groups excluding carboxylic acids is 1. The first-order valence-electron chi connectivity index (χ1n) is 8.98. The SMILES string of the molecule is CCCCc1ccccc1NC(=O)c1ccc(OCC)c(OCC)c1. The van der Waals surface area contributed by atoms with Crippen LogP contribution in [0.1, 0.15) is 49.5 Å². The number of unbranched alkanes of at least 4 members (excludes halogenated alkanes) is 1. The Labute approximate surface area is 150 Å². The van der Waals surface area contributed by atoms with Gasteiger partial charge in [-0.05, 0) is 56.5 Å². The first-order valence-corrected chi connectivity index (χ1v) is 8.98. The molecule has 0 radical (unpaired) electrons. The third-order valence-corrected chi connectivity index (χ3v) is 3.87. The lowest BCUT2D eigenvalue weighted by molar-refractivity contribution is 0.102. The van der Waals surface area contributed by atoms with Crippen LogP contribution in [0.4, 0.5) is 5.69 Å². The van der Waals surface area contributed by atoms with Gasteiger partial charge in [-0.25, -0.2) is 0 Å². The van der Waals surface area contributed by atoms with Crippen LogP contribution in [0.15, 0.2) is 42.5 Å². The van der Waals surface area contributed by atoms with E-state index in [-0.39, 0.29) is 5.91 Å². The molecule has 0 unspecified atom stereocenters. The molecule has 134 valence electrons. The monoisotopic (exact) mass is 341 g/mol. The zero-order chi connectivity index (χ0) is 18.1. The Morgan fingerprint density at radius 1 is 0.960 bits per heavy atom. The van der Waals surface area contributed by atoms with Gasteiger partial charge >= 0.3 is 0 Å². The molecule has 0 spiro atoms. The number of nitrogens with one attached hydrogen (secondary N) is 1. The molecule has 1 amide bonds. The van der Waals surface area contributed by atoms with Crippen molar-refractivity contribution in [3.05, 3.63) is 53.6 Å². The molecule has 0 bridgehead atoms. The molecule has 1 N–H and O–H groups in total. The predicted octanol–water partition coefficient (Wildman–Crippen LogP) is 5.08. The summed E-state index contributed by atoms with van der Waals surface area (Å²) in [7, 11) is 0. The van der Waals surface area contributed by atoms with Gasteiger partial charge in [0.2, 0.25) is 0 Å². The molecule has 0 saturated heterocycles. The van der Waals surface area contributed by atoms with Crippen LogP contribution in [0.5, 0.6) is 11.5 Å². The van der Waals surface area contributed by atoms with Crippen LogP contribution in [0, 0.1) is 0 Å². The Kier molecular flexibility index (Phi) is 7.33. The zero-order valence-electron chi connectivity index (χ0n) is 15.3. The minimum absolute atomic E-state index is 0.145.